The number of hydrogen-bond donors (Lipinski definition) is 1. The van der Waals surface area contributed by atoms with E-state index in [-0.39, 0.29) is 6.10 Å². The van der Waals surface area contributed by atoms with E-state index in [9.17, 15) is 9.90 Å². The van der Waals surface area contributed by atoms with Crippen molar-refractivity contribution >= 4 is 11.7 Å². The number of hydrogen-bond acceptors (Lipinski definition) is 4. The van der Waals surface area contributed by atoms with Crippen molar-refractivity contribution in [3.63, 3.8) is 0 Å². The normalized spacial score (nSPS) is 39.6. The number of pyridine rings is 1. The zero-order chi connectivity index (χ0) is 26.5. The zero-order valence-electron chi connectivity index (χ0n) is 23.9. The van der Waals surface area contributed by atoms with Gasteiger partial charge >= 0.3 is 0 Å². The van der Waals surface area contributed by atoms with Crippen molar-refractivity contribution in [3.8, 4) is 0 Å². The second kappa shape index (κ2) is 10.3. The number of aliphatic hydroxyl groups is 1. The molecule has 5 nitrogen and oxygen atoms in total. The molecule has 0 radical (unpaired) electrons. The van der Waals surface area contributed by atoms with Crippen LogP contribution in [0.4, 0.5) is 5.82 Å². The number of anilines is 1. The lowest BCUT2D eigenvalue weighted by Crippen LogP contribution is -2.51. The van der Waals surface area contributed by atoms with Crippen LogP contribution in [0.5, 0.6) is 0 Å². The molecule has 1 N–H and O–H groups in total. The Morgan fingerprint density at radius 1 is 1.08 bits per heavy atom. The molecule has 6 rings (SSSR count). The fourth-order valence-electron chi connectivity index (χ4n) is 10.1. The highest BCUT2D eigenvalue weighted by atomic mass is 16.3. The SMILES string of the molecule is CC(CCC(=O)N1CCN(c2ccccn2)CC1)[C@H]1CC[C@H]2[C@@H]3CC=C4C[C@@H](O)CC[C@]4(C)[C@H]3CC[C@]12C. The standard InChI is InChI=1S/C33H49N3O2/c1-23(7-12-31(38)36-20-18-35(19-21-36)30-6-4-5-17-34-30)27-10-11-28-26-9-8-24-22-25(37)13-15-32(24,2)29(26)14-16-33(27,28)3/h4-6,8,17,23,25-29,37H,7,9-16,18-22H2,1-3H3/t23?,25-,26-,27+,28-,29-,32-,33+/m0/s1. The maximum atomic E-state index is 13.2. The third-order valence-electron chi connectivity index (χ3n) is 12.3. The average Bonchev–Trinajstić information content (AvgIpc) is 3.30. The Balaban J connectivity index is 1.04. The number of aromatic nitrogens is 1. The smallest absolute Gasteiger partial charge is 0.222 e. The summed E-state index contributed by atoms with van der Waals surface area (Å²) in [6.45, 7) is 10.9. The van der Waals surface area contributed by atoms with Gasteiger partial charge in [-0.05, 0) is 110 Å². The maximum absolute atomic E-state index is 13.2. The summed E-state index contributed by atoms with van der Waals surface area (Å²) in [5.74, 6) is 5.15. The van der Waals surface area contributed by atoms with Crippen molar-refractivity contribution in [2.24, 2.45) is 40.4 Å². The number of carbonyl (C=O) groups is 1. The van der Waals surface area contributed by atoms with Crippen LogP contribution in [0.25, 0.3) is 0 Å². The summed E-state index contributed by atoms with van der Waals surface area (Å²) in [7, 11) is 0. The first-order valence-electron chi connectivity index (χ1n) is 15.6. The van der Waals surface area contributed by atoms with Gasteiger partial charge in [0.25, 0.3) is 0 Å². The summed E-state index contributed by atoms with van der Waals surface area (Å²) in [5.41, 5.74) is 2.32. The Hall–Kier alpha value is -1.88. The predicted molar refractivity (Wildman–Crippen MR) is 153 cm³/mol. The molecule has 38 heavy (non-hydrogen) atoms. The van der Waals surface area contributed by atoms with Gasteiger partial charge in [0, 0.05) is 38.8 Å². The maximum Gasteiger partial charge on any atom is 0.222 e. The van der Waals surface area contributed by atoms with Crippen molar-refractivity contribution in [1.82, 2.24) is 9.88 Å². The largest absolute Gasteiger partial charge is 0.393 e. The van der Waals surface area contributed by atoms with Crippen molar-refractivity contribution in [1.29, 1.82) is 0 Å². The Labute approximate surface area is 230 Å². The molecule has 5 aliphatic rings. The number of fused-ring (bicyclic) bond motifs is 5. The number of piperazine rings is 1. The van der Waals surface area contributed by atoms with Gasteiger partial charge in [-0.1, -0.05) is 38.5 Å². The molecular formula is C33H49N3O2. The van der Waals surface area contributed by atoms with E-state index in [4.69, 9.17) is 0 Å². The van der Waals surface area contributed by atoms with Crippen molar-refractivity contribution < 1.29 is 9.90 Å². The number of allylic oxidation sites excluding steroid dienone is 1. The second-order valence-electron chi connectivity index (χ2n) is 14.0. The first-order chi connectivity index (χ1) is 18.3. The van der Waals surface area contributed by atoms with Gasteiger partial charge in [-0.15, -0.1) is 0 Å². The van der Waals surface area contributed by atoms with Crippen LogP contribution in [0.2, 0.25) is 0 Å². The quantitative estimate of drug-likeness (QED) is 0.479. The molecule has 4 aliphatic carbocycles. The van der Waals surface area contributed by atoms with E-state index < -0.39 is 0 Å². The zero-order valence-corrected chi connectivity index (χ0v) is 23.9. The molecule has 1 unspecified atom stereocenters. The minimum Gasteiger partial charge on any atom is -0.393 e. The molecule has 1 amide bonds. The third kappa shape index (κ3) is 4.51. The molecule has 1 aromatic heterocycles. The summed E-state index contributed by atoms with van der Waals surface area (Å²) in [4.78, 5) is 22.0. The Morgan fingerprint density at radius 2 is 1.89 bits per heavy atom. The van der Waals surface area contributed by atoms with E-state index in [1.165, 1.54) is 38.5 Å². The number of amides is 1. The summed E-state index contributed by atoms with van der Waals surface area (Å²) >= 11 is 0. The van der Waals surface area contributed by atoms with Crippen LogP contribution in [-0.4, -0.2) is 53.2 Å². The highest BCUT2D eigenvalue weighted by Gasteiger charge is 2.59. The van der Waals surface area contributed by atoms with Crippen molar-refractivity contribution in [3.05, 3.63) is 36.0 Å². The Morgan fingerprint density at radius 3 is 2.66 bits per heavy atom. The lowest BCUT2D eigenvalue weighted by atomic mass is 9.47. The van der Waals surface area contributed by atoms with E-state index in [0.717, 1.165) is 74.9 Å². The topological polar surface area (TPSA) is 56.7 Å². The van der Waals surface area contributed by atoms with Crippen LogP contribution >= 0.6 is 0 Å². The Bertz CT molecular complexity index is 1030. The van der Waals surface area contributed by atoms with Crippen LogP contribution in [0.1, 0.15) is 85.0 Å². The third-order valence-corrected chi connectivity index (χ3v) is 12.3. The van der Waals surface area contributed by atoms with Crippen LogP contribution in [0.15, 0.2) is 36.0 Å². The van der Waals surface area contributed by atoms with E-state index >= 15 is 0 Å². The van der Waals surface area contributed by atoms with Gasteiger partial charge in [0.2, 0.25) is 5.91 Å². The second-order valence-corrected chi connectivity index (χ2v) is 14.0. The molecular weight excluding hydrogens is 470 g/mol. The molecule has 1 aromatic rings. The number of carbonyl (C=O) groups excluding carboxylic acids is 1. The summed E-state index contributed by atoms with van der Waals surface area (Å²) < 4.78 is 0. The van der Waals surface area contributed by atoms with E-state index in [0.29, 0.717) is 29.1 Å². The van der Waals surface area contributed by atoms with Crippen LogP contribution in [0.3, 0.4) is 0 Å². The monoisotopic (exact) mass is 519 g/mol. The molecule has 0 aromatic carbocycles. The number of aliphatic hydroxyl groups excluding tert-OH is 1. The van der Waals surface area contributed by atoms with Gasteiger partial charge in [-0.25, -0.2) is 4.98 Å². The van der Waals surface area contributed by atoms with Gasteiger partial charge in [-0.2, -0.15) is 0 Å². The van der Waals surface area contributed by atoms with Gasteiger partial charge in [0.15, 0.2) is 0 Å². The lowest BCUT2D eigenvalue weighted by Gasteiger charge is -2.58. The van der Waals surface area contributed by atoms with Gasteiger partial charge < -0.3 is 14.9 Å². The first kappa shape index (κ1) is 26.3. The van der Waals surface area contributed by atoms with E-state index in [1.54, 1.807) is 5.57 Å². The Kier molecular flexibility index (Phi) is 7.12. The summed E-state index contributed by atoms with van der Waals surface area (Å²) in [6, 6.07) is 6.05. The molecule has 0 bridgehead atoms. The molecule has 1 aliphatic heterocycles. The lowest BCUT2D eigenvalue weighted by molar-refractivity contribution is -0.132. The van der Waals surface area contributed by atoms with Crippen LogP contribution in [-0.2, 0) is 4.79 Å². The van der Waals surface area contributed by atoms with Crippen molar-refractivity contribution in [2.45, 2.75) is 91.1 Å². The first-order valence-corrected chi connectivity index (χ1v) is 15.6. The van der Waals surface area contributed by atoms with Crippen LogP contribution in [0, 0.1) is 40.4 Å². The minimum atomic E-state index is -0.121. The highest BCUT2D eigenvalue weighted by Crippen LogP contribution is 2.67. The molecule has 3 saturated carbocycles. The van der Waals surface area contributed by atoms with Gasteiger partial charge in [0.05, 0.1) is 6.10 Å². The molecule has 208 valence electrons. The summed E-state index contributed by atoms with van der Waals surface area (Å²) in [5, 5.41) is 10.3. The van der Waals surface area contributed by atoms with E-state index in [2.05, 4.69) is 47.7 Å². The van der Waals surface area contributed by atoms with Crippen LogP contribution < -0.4 is 4.90 Å². The highest BCUT2D eigenvalue weighted by molar-refractivity contribution is 5.76. The van der Waals surface area contributed by atoms with E-state index in [1.807, 2.05) is 18.3 Å². The van der Waals surface area contributed by atoms with Gasteiger partial charge in [-0.3, -0.25) is 4.79 Å². The van der Waals surface area contributed by atoms with Crippen molar-refractivity contribution in [2.75, 3.05) is 31.1 Å². The molecule has 2 heterocycles. The number of nitrogens with zero attached hydrogens (tertiary/aromatic N) is 3. The molecule has 4 fully saturated rings. The minimum absolute atomic E-state index is 0.121. The predicted octanol–water partition coefficient (Wildman–Crippen LogP) is 6.09. The molecule has 0 spiro atoms. The van der Waals surface area contributed by atoms with Gasteiger partial charge in [0.1, 0.15) is 5.82 Å². The fraction of sp³-hybridized carbons (Fsp3) is 0.758. The summed E-state index contributed by atoms with van der Waals surface area (Å²) in [6.07, 6.45) is 15.7. The average molecular weight is 520 g/mol. The number of rotatable bonds is 5. The fourth-order valence-corrected chi connectivity index (χ4v) is 10.1. The molecule has 8 atom stereocenters. The molecule has 5 heteroatoms. The molecule has 1 saturated heterocycles.